The molecule has 0 aromatic carbocycles. The van der Waals surface area contributed by atoms with Crippen molar-refractivity contribution in [1.82, 2.24) is 26.6 Å². The third kappa shape index (κ3) is 24.7. The van der Waals surface area contributed by atoms with Gasteiger partial charge in [0.25, 0.3) is 0 Å². The molecule has 33 N–H and O–H groups in total. The van der Waals surface area contributed by atoms with Crippen LogP contribution in [0.5, 0.6) is 0 Å². The molecule has 0 aromatic rings. The van der Waals surface area contributed by atoms with Crippen molar-refractivity contribution in [2.24, 2.45) is 0 Å². The molecule has 11 saturated heterocycles. The molecule has 59 heteroatoms. The Balaban J connectivity index is 1.01. The third-order valence-corrected chi connectivity index (χ3v) is 24.9. The second-order valence-electron chi connectivity index (χ2n) is 34.5. The number of carbonyl (C=O) groups excluding carboxylic acids is 5. The Morgan fingerprint density at radius 3 is 0.963 bits per heavy atom. The van der Waals surface area contributed by atoms with Gasteiger partial charge in [-0.25, -0.2) is 0 Å². The molecular formula is C76H127N5O54. The van der Waals surface area contributed by atoms with Gasteiger partial charge in [-0.1, -0.05) is 0 Å². The zero-order chi connectivity index (χ0) is 99.4. The normalized spacial score (nSPS) is 49.5. The monoisotopic (exact) mass is 1970 g/mol. The van der Waals surface area contributed by atoms with Gasteiger partial charge in [0.05, 0.1) is 71.7 Å². The number of carbonyl (C=O) groups is 5. The van der Waals surface area contributed by atoms with Crippen LogP contribution in [-0.4, -0.2) is 569 Å². The second kappa shape index (κ2) is 48.2. The summed E-state index contributed by atoms with van der Waals surface area (Å²) in [6.07, 6.45) is -107. The molecule has 0 radical (unpaired) electrons. The summed E-state index contributed by atoms with van der Waals surface area (Å²) in [5.74, 6) is -4.83. The molecular weight excluding hydrogens is 1850 g/mol. The van der Waals surface area contributed by atoms with Gasteiger partial charge in [0.2, 0.25) is 29.5 Å². The van der Waals surface area contributed by atoms with E-state index in [-0.39, 0.29) is 0 Å². The summed E-state index contributed by atoms with van der Waals surface area (Å²) in [5.41, 5.74) is 0. The lowest BCUT2D eigenvalue weighted by molar-refractivity contribution is -0.409. The van der Waals surface area contributed by atoms with Gasteiger partial charge in [0.15, 0.2) is 69.2 Å². The van der Waals surface area contributed by atoms with Crippen LogP contribution in [0.3, 0.4) is 0 Å². The molecule has 11 aliphatic rings. The van der Waals surface area contributed by atoms with Crippen molar-refractivity contribution in [3.63, 3.8) is 0 Å². The first kappa shape index (κ1) is 111. The Hall–Kier alpha value is -4.61. The number of rotatable bonds is 34. The van der Waals surface area contributed by atoms with Gasteiger partial charge in [0, 0.05) is 34.6 Å². The summed E-state index contributed by atoms with van der Waals surface area (Å²) >= 11 is 0. The number of ether oxygens (including phenoxy) is 21. The number of amides is 5. The highest BCUT2D eigenvalue weighted by atomic mass is 16.8. The fourth-order valence-electron chi connectivity index (χ4n) is 17.6. The number of aliphatic hydroxyl groups is 28. The number of aliphatic hydroxyl groups excluding tert-OH is 28. The van der Waals surface area contributed by atoms with Crippen molar-refractivity contribution < 1.29 is 266 Å². The predicted molar refractivity (Wildman–Crippen MR) is 417 cm³/mol. The molecule has 0 aliphatic carbocycles. The van der Waals surface area contributed by atoms with Gasteiger partial charge < -0.3 is 269 Å². The molecule has 0 spiro atoms. The van der Waals surface area contributed by atoms with Crippen molar-refractivity contribution >= 4 is 29.5 Å². The van der Waals surface area contributed by atoms with E-state index in [0.717, 1.165) is 34.6 Å². The first-order valence-electron chi connectivity index (χ1n) is 43.4. The van der Waals surface area contributed by atoms with Crippen LogP contribution in [-0.2, 0) is 123 Å². The van der Waals surface area contributed by atoms with Gasteiger partial charge >= 0.3 is 0 Å². The zero-order valence-electron chi connectivity index (χ0n) is 73.3. The van der Waals surface area contributed by atoms with Crippen LogP contribution in [0.25, 0.3) is 0 Å². The molecule has 11 rings (SSSR count). The molecule has 11 heterocycles. The summed E-state index contributed by atoms with van der Waals surface area (Å²) in [6.45, 7) is -3.43. The molecule has 780 valence electrons. The highest BCUT2D eigenvalue weighted by Crippen LogP contribution is 2.43. The van der Waals surface area contributed by atoms with Crippen LogP contribution in [0.1, 0.15) is 48.5 Å². The number of nitrogens with one attached hydrogen (secondary N) is 5. The molecule has 0 saturated carbocycles. The van der Waals surface area contributed by atoms with E-state index in [9.17, 15) is 167 Å². The topological polar surface area (TPSA) is 906 Å². The fraction of sp³-hybridized carbons (Fsp3) is 0.934. The van der Waals surface area contributed by atoms with E-state index in [2.05, 4.69) is 26.6 Å². The predicted octanol–water partition coefficient (Wildman–Crippen LogP) is -22.2. The summed E-state index contributed by atoms with van der Waals surface area (Å²) < 4.78 is 128. The summed E-state index contributed by atoms with van der Waals surface area (Å²) in [7, 11) is 0. The van der Waals surface area contributed by atoms with Crippen molar-refractivity contribution in [3.05, 3.63) is 0 Å². The van der Waals surface area contributed by atoms with Crippen molar-refractivity contribution in [1.29, 1.82) is 0 Å². The van der Waals surface area contributed by atoms with Crippen molar-refractivity contribution in [3.8, 4) is 0 Å². The average Bonchev–Trinajstić information content (AvgIpc) is 0.798. The van der Waals surface area contributed by atoms with Crippen LogP contribution in [0.15, 0.2) is 0 Å². The molecule has 135 heavy (non-hydrogen) atoms. The largest absolute Gasteiger partial charge is 0.394 e. The van der Waals surface area contributed by atoms with E-state index in [1.807, 2.05) is 0 Å². The van der Waals surface area contributed by atoms with E-state index in [0.29, 0.717) is 0 Å². The molecule has 11 aliphatic heterocycles. The zero-order valence-corrected chi connectivity index (χ0v) is 73.3. The highest BCUT2D eigenvalue weighted by molar-refractivity contribution is 5.75. The Bertz CT molecular complexity index is 3750. The van der Waals surface area contributed by atoms with Gasteiger partial charge in [0.1, 0.15) is 256 Å². The number of hydrogen-bond acceptors (Lipinski definition) is 54. The first-order valence-corrected chi connectivity index (χ1v) is 43.4. The minimum atomic E-state index is -2.76. The van der Waals surface area contributed by atoms with Gasteiger partial charge in [-0.3, -0.25) is 24.0 Å². The van der Waals surface area contributed by atoms with Crippen LogP contribution < -0.4 is 26.6 Å². The Kier molecular flexibility index (Phi) is 39.5. The molecule has 55 atom stereocenters. The van der Waals surface area contributed by atoms with Gasteiger partial charge in [-0.15, -0.1) is 0 Å². The van der Waals surface area contributed by atoms with Crippen LogP contribution in [0.4, 0.5) is 0 Å². The van der Waals surface area contributed by atoms with E-state index >= 15 is 0 Å². The standard InChI is InChI=1S/C76H127N5O54/c1-17-38(94)49(105)53(109)71(117-17)115-16-32-60(47(103)33(66(114)119-32)77-19(3)89)129-69-36(80-22(6)92)48(104)58(28(12-86)124-69)130-74-57(113)63(44(100)31(127-74)15-116-75-64(52(108)43(99)27(11-85)123-75)134-68-35(79-21(5)91)46(102)41(97)25(9-83)121-68)133-76-65(56(112)59(29(13-87)126-76)128-67-34(78-20(4)90)45(101)40(96)24(8-82)120-67)135-70-37(81-23(7)93)62(132-72-54(110)50(106)39(95)18(2)118-72)61(30(14-88)125-70)131-73-55(111)51(107)42(98)26(10-84)122-73/h17-18,24-76,82-88,94-114H,8-16H2,1-7H3,(H,77,89)(H,78,90)(H,79,91)(H,80,92)(H,81,93)/t17-,18-,24+,25+,26+,27+,28+,29+,30+,31+,32+,33+,34+,35+,36+,37+,38+,39+,40+,41+,42-,43+,44+,45+,46+,47+,48+,49+,50+,51-,52-,53-,54-,55+,56-,57-,58+,59+,60+,61+,62+,63-,64-,65-,66+,67-,68-,69-,70-,71+,72-,73-,74-,75-,76+/m0/s1. The molecule has 5 amide bonds. The van der Waals surface area contributed by atoms with E-state index in [1.165, 1.54) is 13.8 Å². The quantitative estimate of drug-likeness (QED) is 0.0284. The number of hydrogen-bond donors (Lipinski definition) is 33. The van der Waals surface area contributed by atoms with Gasteiger partial charge in [-0.2, -0.15) is 0 Å². The maximum Gasteiger partial charge on any atom is 0.217 e. The Morgan fingerprint density at radius 2 is 0.489 bits per heavy atom. The van der Waals surface area contributed by atoms with E-state index in [1.54, 1.807) is 0 Å². The maximum atomic E-state index is 13.9. The summed E-state index contributed by atoms with van der Waals surface area (Å²) in [4.78, 5) is 65.4. The van der Waals surface area contributed by atoms with Crippen molar-refractivity contribution in [2.45, 2.75) is 386 Å². The lowest BCUT2D eigenvalue weighted by atomic mass is 9.93. The lowest BCUT2D eigenvalue weighted by Gasteiger charge is -2.53. The van der Waals surface area contributed by atoms with Crippen LogP contribution in [0, 0.1) is 0 Å². The molecule has 0 unspecified atom stereocenters. The minimum absolute atomic E-state index is 0.867. The summed E-state index contributed by atoms with van der Waals surface area (Å²) in [6, 6.07) is -9.80. The lowest BCUT2D eigenvalue weighted by Crippen LogP contribution is -2.72. The van der Waals surface area contributed by atoms with Crippen LogP contribution >= 0.6 is 0 Å². The smallest absolute Gasteiger partial charge is 0.217 e. The van der Waals surface area contributed by atoms with Gasteiger partial charge in [-0.05, 0) is 13.8 Å². The fourth-order valence-corrected chi connectivity index (χ4v) is 17.6. The SMILES string of the molecule is CC(=O)N[C@@H]1[C@@H](O)[C@H](O[C@@H]2O[C@H](CO)[C@@H](O[C@@H]3O[C@H](CO[C@H]4O[C@H](CO)[C@@H](O)[C@H](O)[C@@H]4O[C@@H]4O[C@H](CO)[C@@H](O)[C@H](O)[C@H]4NC(C)=O)[C@@H](O)[C@H](O[C@H]4O[C@H](CO)[C@@H](O[C@@H]5O[C@H](CO)[C@@H](O)[C@H](O)[C@H]5NC(C)=O)[C@H](O)[C@@H]4O[C@@H]4O[C@H](CO)[C@@H](O[C@@H]5O[C@H](CO)[C@H](O)[C@H](O)[C@H]5O)[C@H](O[C@@H]5O[C@@H](C)[C@@H](O)[C@@H](O)[C@@H]5O)[C@H]4NC(C)=O)[C@@H]3O)[C@H](O)[C@H]2NC(C)=O)[C@@H](CO[C@@H]2O[C@@H](C)[C@@H](O)[C@@H](O)[C@@H]2O)O[C@H]1O. The molecule has 0 aromatic heterocycles. The Morgan fingerprint density at radius 1 is 0.207 bits per heavy atom. The van der Waals surface area contributed by atoms with Crippen LogP contribution in [0.2, 0.25) is 0 Å². The Labute approximate surface area is 765 Å². The minimum Gasteiger partial charge on any atom is -0.394 e. The highest BCUT2D eigenvalue weighted by Gasteiger charge is 2.63. The molecule has 11 fully saturated rings. The maximum absolute atomic E-state index is 13.9. The first-order chi connectivity index (χ1) is 63.8. The van der Waals surface area contributed by atoms with E-state index in [4.69, 9.17) is 99.5 Å². The van der Waals surface area contributed by atoms with E-state index < -0.39 is 426 Å². The molecule has 59 nitrogen and oxygen atoms in total. The van der Waals surface area contributed by atoms with Crippen molar-refractivity contribution in [2.75, 3.05) is 59.5 Å². The average molecular weight is 1970 g/mol. The third-order valence-electron chi connectivity index (χ3n) is 24.9. The molecule has 0 bridgehead atoms. The summed E-state index contributed by atoms with van der Waals surface area (Å²) in [5, 5.41) is 330. The second-order valence-corrected chi connectivity index (χ2v) is 34.5.